The van der Waals surface area contributed by atoms with Crippen LogP contribution in [0.5, 0.6) is 0 Å². The lowest BCUT2D eigenvalue weighted by Gasteiger charge is -2.33. The number of hydrogen-bond donors (Lipinski definition) is 1. The van der Waals surface area contributed by atoms with Crippen LogP contribution in [0.25, 0.3) is 0 Å². The van der Waals surface area contributed by atoms with Crippen molar-refractivity contribution in [2.75, 3.05) is 44.6 Å². The fraction of sp³-hybridized carbons (Fsp3) is 0.435. The van der Waals surface area contributed by atoms with Gasteiger partial charge in [0.05, 0.1) is 11.8 Å². The standard InChI is InChI=1S/C23H27ClN4O4/c24-19-2-4-20(5-3-19)25-23(31)28-10-1-9-26(13-14-28)21(29)17-6-11-27(12-7-17)22(30)18-8-15-32-16-18/h2-5,8,15-17H,1,6-7,9-14H2,(H,25,31). The number of likely N-dealkylation sites (tertiary alicyclic amines) is 1. The number of halogens is 1. The minimum atomic E-state index is -0.173. The number of urea groups is 1. The zero-order valence-electron chi connectivity index (χ0n) is 17.8. The molecule has 0 atom stereocenters. The molecule has 2 fully saturated rings. The monoisotopic (exact) mass is 458 g/mol. The number of carbonyl (C=O) groups is 3. The molecule has 1 N–H and O–H groups in total. The molecule has 1 aromatic heterocycles. The van der Waals surface area contributed by atoms with E-state index in [2.05, 4.69) is 5.32 Å². The molecule has 2 aromatic rings. The molecule has 1 aromatic carbocycles. The summed E-state index contributed by atoms with van der Waals surface area (Å²) in [6.07, 6.45) is 4.98. The lowest BCUT2D eigenvalue weighted by molar-refractivity contribution is -0.136. The second kappa shape index (κ2) is 10.1. The van der Waals surface area contributed by atoms with Gasteiger partial charge in [-0.15, -0.1) is 0 Å². The molecule has 32 heavy (non-hydrogen) atoms. The highest BCUT2D eigenvalue weighted by atomic mass is 35.5. The van der Waals surface area contributed by atoms with E-state index in [1.165, 1.54) is 12.5 Å². The molecule has 2 aliphatic rings. The van der Waals surface area contributed by atoms with Crippen molar-refractivity contribution in [3.05, 3.63) is 53.4 Å². The van der Waals surface area contributed by atoms with Gasteiger partial charge >= 0.3 is 6.03 Å². The highest BCUT2D eigenvalue weighted by Gasteiger charge is 2.32. The Hall–Kier alpha value is -3.00. The zero-order valence-corrected chi connectivity index (χ0v) is 18.6. The SMILES string of the molecule is O=C(Nc1ccc(Cl)cc1)N1CCCN(C(=O)C2CCN(C(=O)c3ccoc3)CC2)CC1. The van der Waals surface area contributed by atoms with Gasteiger partial charge in [0.1, 0.15) is 6.26 Å². The number of hydrogen-bond acceptors (Lipinski definition) is 4. The molecule has 0 spiro atoms. The van der Waals surface area contributed by atoms with Gasteiger partial charge in [0.25, 0.3) is 5.91 Å². The van der Waals surface area contributed by atoms with Gasteiger partial charge in [-0.1, -0.05) is 11.6 Å². The number of anilines is 1. The van der Waals surface area contributed by atoms with E-state index in [0.717, 1.165) is 6.42 Å². The summed E-state index contributed by atoms with van der Waals surface area (Å²) >= 11 is 5.89. The van der Waals surface area contributed by atoms with Crippen molar-refractivity contribution < 1.29 is 18.8 Å². The number of benzene rings is 1. The average Bonchev–Trinajstić information content (AvgIpc) is 3.24. The van der Waals surface area contributed by atoms with Crippen LogP contribution in [0.1, 0.15) is 29.6 Å². The molecule has 0 radical (unpaired) electrons. The smallest absolute Gasteiger partial charge is 0.321 e. The first-order valence-corrected chi connectivity index (χ1v) is 11.3. The summed E-state index contributed by atoms with van der Waals surface area (Å²) in [5, 5.41) is 3.50. The maximum Gasteiger partial charge on any atom is 0.321 e. The third-order valence-corrected chi connectivity index (χ3v) is 6.34. The Bertz CT molecular complexity index is 939. The maximum atomic E-state index is 13.1. The van der Waals surface area contributed by atoms with Crippen molar-refractivity contribution in [3.8, 4) is 0 Å². The molecular weight excluding hydrogens is 432 g/mol. The third-order valence-electron chi connectivity index (χ3n) is 6.09. The van der Waals surface area contributed by atoms with Crippen molar-refractivity contribution in [1.29, 1.82) is 0 Å². The summed E-state index contributed by atoms with van der Waals surface area (Å²) in [7, 11) is 0. The molecule has 4 rings (SSSR count). The van der Waals surface area contributed by atoms with E-state index in [0.29, 0.717) is 68.4 Å². The highest BCUT2D eigenvalue weighted by molar-refractivity contribution is 6.30. The van der Waals surface area contributed by atoms with Gasteiger partial charge < -0.3 is 24.4 Å². The fourth-order valence-corrected chi connectivity index (χ4v) is 4.36. The highest BCUT2D eigenvalue weighted by Crippen LogP contribution is 2.22. The van der Waals surface area contributed by atoms with Crippen LogP contribution in [-0.4, -0.2) is 71.8 Å². The molecule has 2 aliphatic heterocycles. The third kappa shape index (κ3) is 5.24. The van der Waals surface area contributed by atoms with Crippen molar-refractivity contribution >= 4 is 35.1 Å². The first-order valence-electron chi connectivity index (χ1n) is 10.9. The van der Waals surface area contributed by atoms with Gasteiger partial charge in [0, 0.05) is 55.9 Å². The molecule has 4 amide bonds. The van der Waals surface area contributed by atoms with Crippen LogP contribution in [-0.2, 0) is 4.79 Å². The molecule has 3 heterocycles. The first kappa shape index (κ1) is 22.2. The Morgan fingerprint density at radius 3 is 2.25 bits per heavy atom. The Morgan fingerprint density at radius 1 is 0.875 bits per heavy atom. The Kier molecular flexibility index (Phi) is 6.99. The maximum absolute atomic E-state index is 13.1. The van der Waals surface area contributed by atoms with Crippen LogP contribution in [0.3, 0.4) is 0 Å². The number of nitrogens with zero attached hydrogens (tertiary/aromatic N) is 3. The lowest BCUT2D eigenvalue weighted by Crippen LogP contribution is -2.45. The molecule has 0 unspecified atom stereocenters. The molecule has 170 valence electrons. The van der Waals surface area contributed by atoms with Crippen LogP contribution in [0.4, 0.5) is 10.5 Å². The lowest BCUT2D eigenvalue weighted by atomic mass is 9.94. The van der Waals surface area contributed by atoms with Crippen molar-refractivity contribution in [3.63, 3.8) is 0 Å². The Balaban J connectivity index is 1.26. The van der Waals surface area contributed by atoms with Crippen LogP contribution in [0.2, 0.25) is 5.02 Å². The van der Waals surface area contributed by atoms with Crippen molar-refractivity contribution in [2.45, 2.75) is 19.3 Å². The molecule has 0 saturated carbocycles. The number of furan rings is 1. The van der Waals surface area contributed by atoms with Gasteiger partial charge in [-0.05, 0) is 49.6 Å². The average molecular weight is 459 g/mol. The topological polar surface area (TPSA) is 86.1 Å². The molecule has 0 aliphatic carbocycles. The van der Waals surface area contributed by atoms with Gasteiger partial charge in [-0.2, -0.15) is 0 Å². The fourth-order valence-electron chi connectivity index (χ4n) is 4.23. The van der Waals surface area contributed by atoms with Crippen LogP contribution in [0.15, 0.2) is 47.3 Å². The second-order valence-corrected chi connectivity index (χ2v) is 8.62. The van der Waals surface area contributed by atoms with E-state index < -0.39 is 0 Å². The minimum Gasteiger partial charge on any atom is -0.472 e. The largest absolute Gasteiger partial charge is 0.472 e. The summed E-state index contributed by atoms with van der Waals surface area (Å²) in [4.78, 5) is 43.5. The van der Waals surface area contributed by atoms with Gasteiger partial charge in [-0.25, -0.2) is 4.79 Å². The number of amides is 4. The van der Waals surface area contributed by atoms with E-state index in [9.17, 15) is 14.4 Å². The van der Waals surface area contributed by atoms with Crippen LogP contribution >= 0.6 is 11.6 Å². The Labute approximate surface area is 192 Å². The number of nitrogens with one attached hydrogen (secondary N) is 1. The number of rotatable bonds is 3. The van der Waals surface area contributed by atoms with Gasteiger partial charge in [0.2, 0.25) is 5.91 Å². The minimum absolute atomic E-state index is 0.0539. The summed E-state index contributed by atoms with van der Waals surface area (Å²) in [6, 6.07) is 8.47. The summed E-state index contributed by atoms with van der Waals surface area (Å²) in [5.74, 6) is -0.0139. The zero-order chi connectivity index (χ0) is 22.5. The summed E-state index contributed by atoms with van der Waals surface area (Å²) in [5.41, 5.74) is 1.23. The molecule has 2 saturated heterocycles. The molecular formula is C23H27ClN4O4. The normalized spacial score (nSPS) is 17.7. The second-order valence-electron chi connectivity index (χ2n) is 8.18. The van der Waals surface area contributed by atoms with Gasteiger partial charge in [-0.3, -0.25) is 9.59 Å². The predicted molar refractivity (Wildman–Crippen MR) is 121 cm³/mol. The van der Waals surface area contributed by atoms with E-state index in [1.807, 2.05) is 4.90 Å². The predicted octanol–water partition coefficient (Wildman–Crippen LogP) is 3.55. The van der Waals surface area contributed by atoms with Crippen molar-refractivity contribution in [2.24, 2.45) is 5.92 Å². The van der Waals surface area contributed by atoms with Gasteiger partial charge in [0.15, 0.2) is 0 Å². The van der Waals surface area contributed by atoms with E-state index in [1.54, 1.807) is 40.1 Å². The van der Waals surface area contributed by atoms with Crippen LogP contribution < -0.4 is 5.32 Å². The van der Waals surface area contributed by atoms with Crippen molar-refractivity contribution in [1.82, 2.24) is 14.7 Å². The first-order chi connectivity index (χ1) is 15.5. The Morgan fingerprint density at radius 2 is 1.56 bits per heavy atom. The number of carbonyl (C=O) groups excluding carboxylic acids is 3. The van der Waals surface area contributed by atoms with E-state index in [4.69, 9.17) is 16.0 Å². The van der Waals surface area contributed by atoms with E-state index >= 15 is 0 Å². The molecule has 9 heteroatoms. The molecule has 0 bridgehead atoms. The number of piperidine rings is 1. The van der Waals surface area contributed by atoms with Crippen LogP contribution in [0, 0.1) is 5.92 Å². The summed E-state index contributed by atoms with van der Waals surface area (Å²) in [6.45, 7) is 3.36. The molecule has 8 nitrogen and oxygen atoms in total. The van der Waals surface area contributed by atoms with E-state index in [-0.39, 0.29) is 23.8 Å². The quantitative estimate of drug-likeness (QED) is 0.762. The summed E-state index contributed by atoms with van der Waals surface area (Å²) < 4.78 is 4.99.